The quantitative estimate of drug-likeness (QED) is 0.368. The van der Waals surface area contributed by atoms with E-state index in [1.807, 2.05) is 0 Å². The fourth-order valence-corrected chi connectivity index (χ4v) is 5.25. The molecule has 0 aliphatic heterocycles. The molecule has 0 amide bonds. The summed E-state index contributed by atoms with van der Waals surface area (Å²) in [5.74, 6) is -3.69. The molecule has 2 heterocycles. The molecule has 8 nitrogen and oxygen atoms in total. The predicted octanol–water partition coefficient (Wildman–Crippen LogP) is 4.40. The van der Waals surface area contributed by atoms with Gasteiger partial charge in [-0.25, -0.2) is 27.5 Å². The Morgan fingerprint density at radius 1 is 1.08 bits per heavy atom. The molecule has 13 heteroatoms. The molecule has 2 atom stereocenters. The zero-order chi connectivity index (χ0) is 26.5. The van der Waals surface area contributed by atoms with Crippen LogP contribution in [0.4, 0.5) is 23.5 Å². The van der Waals surface area contributed by atoms with Crippen LogP contribution in [0, 0.1) is 11.7 Å². The first-order valence-corrected chi connectivity index (χ1v) is 12.4. The van der Waals surface area contributed by atoms with Crippen molar-refractivity contribution in [1.82, 2.24) is 14.5 Å². The Labute approximate surface area is 207 Å². The fraction of sp³-hybridized carbons (Fsp3) is 0.208. The molecule has 0 saturated heterocycles. The number of methoxy groups -OCH3 is 1. The third-order valence-corrected chi connectivity index (χ3v) is 7.44. The van der Waals surface area contributed by atoms with Crippen LogP contribution in [-0.4, -0.2) is 36.2 Å². The Morgan fingerprint density at radius 2 is 1.81 bits per heavy atom. The maximum absolute atomic E-state index is 15.0. The molecule has 192 valence electrons. The molecule has 5 rings (SSSR count). The number of rotatable bonds is 6. The lowest BCUT2D eigenvalue weighted by Crippen LogP contribution is -2.19. The van der Waals surface area contributed by atoms with E-state index in [0.717, 1.165) is 16.7 Å². The Kier molecular flexibility index (Phi) is 5.89. The first kappa shape index (κ1) is 24.7. The lowest BCUT2D eigenvalue weighted by atomic mass is 10.1. The number of aromatic nitrogens is 3. The van der Waals surface area contributed by atoms with Gasteiger partial charge in [0.2, 0.25) is 5.95 Å². The number of hydrogen-bond donors (Lipinski definition) is 1. The maximum atomic E-state index is 15.0. The van der Waals surface area contributed by atoms with E-state index in [9.17, 15) is 26.4 Å². The first-order chi connectivity index (χ1) is 17.5. The molecule has 0 bridgehead atoms. The van der Waals surface area contributed by atoms with E-state index >= 15 is 4.39 Å². The number of alkyl halides is 3. The highest BCUT2D eigenvalue weighted by atomic mass is 32.2. The van der Waals surface area contributed by atoms with Crippen LogP contribution in [0.25, 0.3) is 16.6 Å². The van der Waals surface area contributed by atoms with Crippen molar-refractivity contribution in [1.29, 1.82) is 0 Å². The molecule has 37 heavy (non-hydrogen) atoms. The summed E-state index contributed by atoms with van der Waals surface area (Å²) in [5, 5.41) is 0.322. The highest BCUT2D eigenvalue weighted by molar-refractivity contribution is 7.92. The van der Waals surface area contributed by atoms with Gasteiger partial charge in [-0.3, -0.25) is 9.36 Å². The van der Waals surface area contributed by atoms with Crippen molar-refractivity contribution in [3.63, 3.8) is 0 Å². The molecule has 1 fully saturated rings. The van der Waals surface area contributed by atoms with E-state index in [0.29, 0.717) is 5.39 Å². The summed E-state index contributed by atoms with van der Waals surface area (Å²) >= 11 is 0. The average Bonchev–Trinajstić information content (AvgIpc) is 3.65. The van der Waals surface area contributed by atoms with Gasteiger partial charge in [0.05, 0.1) is 29.1 Å². The Bertz CT molecular complexity index is 1670. The highest BCUT2D eigenvalue weighted by Gasteiger charge is 2.57. The molecular formula is C24H18F4N4O4S. The number of fused-ring (bicyclic) bond motifs is 1. The molecule has 1 aliphatic rings. The van der Waals surface area contributed by atoms with Crippen molar-refractivity contribution in [2.24, 2.45) is 5.92 Å². The first-order valence-electron chi connectivity index (χ1n) is 10.9. The lowest BCUT2D eigenvalue weighted by molar-refractivity contribution is -0.148. The van der Waals surface area contributed by atoms with Crippen molar-refractivity contribution >= 4 is 26.9 Å². The molecule has 0 unspecified atom stereocenters. The minimum Gasteiger partial charge on any atom is -0.495 e. The summed E-state index contributed by atoms with van der Waals surface area (Å²) in [6.45, 7) is 0. The molecule has 1 saturated carbocycles. The van der Waals surface area contributed by atoms with Crippen molar-refractivity contribution < 1.29 is 30.7 Å². The number of pyridine rings is 1. The fourth-order valence-electron chi connectivity index (χ4n) is 4.25. The topological polar surface area (TPSA) is 103 Å². The largest absolute Gasteiger partial charge is 0.495 e. The summed E-state index contributed by atoms with van der Waals surface area (Å²) in [6.07, 6.45) is -1.92. The third-order valence-electron chi connectivity index (χ3n) is 6.12. The third kappa shape index (κ3) is 4.61. The van der Waals surface area contributed by atoms with Crippen LogP contribution in [-0.2, 0) is 10.0 Å². The van der Waals surface area contributed by atoms with Crippen molar-refractivity contribution in [3.05, 3.63) is 82.7 Å². The standard InChI is InChI=1S/C24H18F4N4O4S/c1-36-21-11-16(15-10-17(15)24(26,27)28)18(25)12-20(21)32-19-5-4-14(9-13(19)3-6-22(32)33)37(34,35)31-23-29-7-2-8-30-23/h2-9,11-12,15,17H,10H2,1H3,(H,29,30,31)/t15-,17+/m0/s1. The normalized spacial score (nSPS) is 17.5. The molecule has 0 spiro atoms. The minimum absolute atomic E-state index is 0.00147. The van der Waals surface area contributed by atoms with Gasteiger partial charge in [-0.15, -0.1) is 0 Å². The van der Waals surface area contributed by atoms with E-state index in [-0.39, 0.29) is 39.8 Å². The molecule has 1 N–H and O–H groups in total. The Morgan fingerprint density at radius 3 is 2.46 bits per heavy atom. The van der Waals surface area contributed by atoms with Crippen molar-refractivity contribution in [3.8, 4) is 11.4 Å². The lowest BCUT2D eigenvalue weighted by Gasteiger charge is -2.17. The minimum atomic E-state index is -4.44. The summed E-state index contributed by atoms with van der Waals surface area (Å²) < 4.78 is 88.5. The number of hydrogen-bond acceptors (Lipinski definition) is 6. The van der Waals surface area contributed by atoms with Gasteiger partial charge in [0.25, 0.3) is 15.6 Å². The van der Waals surface area contributed by atoms with E-state index in [2.05, 4.69) is 14.7 Å². The molecule has 2 aromatic heterocycles. The zero-order valence-corrected chi connectivity index (χ0v) is 19.8. The predicted molar refractivity (Wildman–Crippen MR) is 126 cm³/mol. The van der Waals surface area contributed by atoms with E-state index in [1.165, 1.54) is 55.9 Å². The van der Waals surface area contributed by atoms with Crippen molar-refractivity contribution in [2.75, 3.05) is 11.8 Å². The van der Waals surface area contributed by atoms with Gasteiger partial charge >= 0.3 is 6.18 Å². The van der Waals surface area contributed by atoms with Crippen LogP contribution in [0.2, 0.25) is 0 Å². The van der Waals surface area contributed by atoms with Crippen molar-refractivity contribution in [2.45, 2.75) is 23.4 Å². The van der Waals surface area contributed by atoms with Crippen LogP contribution < -0.4 is 15.0 Å². The monoisotopic (exact) mass is 534 g/mol. The molecular weight excluding hydrogens is 516 g/mol. The van der Waals surface area contributed by atoms with Gasteiger partial charge < -0.3 is 4.74 Å². The second-order valence-corrected chi connectivity index (χ2v) is 10.1. The Balaban J connectivity index is 1.58. The summed E-state index contributed by atoms with van der Waals surface area (Å²) in [5.41, 5.74) is -0.523. The number of nitrogens with zero attached hydrogens (tertiary/aromatic N) is 3. The van der Waals surface area contributed by atoms with Crippen LogP contribution in [0.3, 0.4) is 0 Å². The molecule has 1 aliphatic carbocycles. The van der Waals surface area contributed by atoms with Gasteiger partial charge in [0.1, 0.15) is 11.6 Å². The number of nitrogens with one attached hydrogen (secondary N) is 1. The summed E-state index contributed by atoms with van der Waals surface area (Å²) in [4.78, 5) is 20.4. The number of anilines is 1. The Hall–Kier alpha value is -4.00. The zero-order valence-electron chi connectivity index (χ0n) is 19.0. The molecule has 0 radical (unpaired) electrons. The smallest absolute Gasteiger partial charge is 0.392 e. The van der Waals surface area contributed by atoms with Crippen LogP contribution >= 0.6 is 0 Å². The van der Waals surface area contributed by atoms with Gasteiger partial charge in [-0.05, 0) is 54.3 Å². The van der Waals surface area contributed by atoms with E-state index in [1.54, 1.807) is 0 Å². The summed E-state index contributed by atoms with van der Waals surface area (Å²) in [7, 11) is -2.82. The van der Waals surface area contributed by atoms with Gasteiger partial charge in [0, 0.05) is 29.9 Å². The number of halogens is 4. The number of benzene rings is 2. The van der Waals surface area contributed by atoms with Gasteiger partial charge in [-0.1, -0.05) is 0 Å². The summed E-state index contributed by atoms with van der Waals surface area (Å²) in [6, 6.07) is 10.2. The number of sulfonamides is 1. The molecule has 4 aromatic rings. The number of ether oxygens (including phenoxy) is 1. The van der Waals surface area contributed by atoms with E-state index < -0.39 is 39.4 Å². The SMILES string of the molecule is COc1cc([C@@H]2C[C@H]2C(F)(F)F)c(F)cc1-n1c(=O)ccc2cc(S(=O)(=O)Nc3ncccn3)ccc21. The maximum Gasteiger partial charge on any atom is 0.392 e. The van der Waals surface area contributed by atoms with E-state index in [4.69, 9.17) is 4.74 Å². The van der Waals surface area contributed by atoms with Crippen LogP contribution in [0.1, 0.15) is 17.9 Å². The van der Waals surface area contributed by atoms with Crippen LogP contribution in [0.15, 0.2) is 70.6 Å². The van der Waals surface area contributed by atoms with Gasteiger partial charge in [0.15, 0.2) is 0 Å². The second-order valence-electron chi connectivity index (χ2n) is 8.44. The van der Waals surface area contributed by atoms with Gasteiger partial charge in [-0.2, -0.15) is 13.2 Å². The molecule has 2 aromatic carbocycles. The van der Waals surface area contributed by atoms with Crippen LogP contribution in [0.5, 0.6) is 5.75 Å². The average molecular weight is 534 g/mol. The second kappa shape index (κ2) is 8.83. The highest BCUT2D eigenvalue weighted by Crippen LogP contribution is 2.57.